The van der Waals surface area contributed by atoms with Crippen LogP contribution in [0.15, 0.2) is 36.4 Å². The van der Waals surface area contributed by atoms with Crippen LogP contribution in [0.4, 0.5) is 44.3 Å². The van der Waals surface area contributed by atoms with Crippen LogP contribution < -0.4 is 5.32 Å². The molecular formula is C26H24F9N3O3. The van der Waals surface area contributed by atoms with Gasteiger partial charge in [-0.25, -0.2) is 9.78 Å². The molecule has 0 spiro atoms. The maximum absolute atomic E-state index is 13.5. The molecule has 0 saturated carbocycles. The molecule has 6 nitrogen and oxygen atoms in total. The Labute approximate surface area is 227 Å². The number of ether oxygens (including phenoxy) is 1. The summed E-state index contributed by atoms with van der Waals surface area (Å²) in [7, 11) is 0. The first-order valence-corrected chi connectivity index (χ1v) is 12.0. The van der Waals surface area contributed by atoms with E-state index in [0.717, 1.165) is 18.2 Å². The minimum Gasteiger partial charge on any atom is -0.444 e. The van der Waals surface area contributed by atoms with E-state index in [0.29, 0.717) is 6.07 Å². The number of alkyl halides is 9. The van der Waals surface area contributed by atoms with Gasteiger partial charge in [-0.3, -0.25) is 4.79 Å². The first kappa shape index (κ1) is 31.7. The normalized spacial score (nSPS) is 13.8. The van der Waals surface area contributed by atoms with Gasteiger partial charge in [-0.2, -0.15) is 39.5 Å². The average molecular weight is 597 g/mol. The summed E-state index contributed by atoms with van der Waals surface area (Å²) in [4.78, 5) is 31.5. The molecule has 2 aromatic carbocycles. The molecule has 0 bridgehead atoms. The van der Waals surface area contributed by atoms with Crippen molar-refractivity contribution in [2.75, 3.05) is 0 Å². The number of ketones is 1. The van der Waals surface area contributed by atoms with Crippen LogP contribution in [0.3, 0.4) is 0 Å². The number of aromatic nitrogens is 2. The summed E-state index contributed by atoms with van der Waals surface area (Å²) in [6.45, 7) is 4.62. The van der Waals surface area contributed by atoms with E-state index in [4.69, 9.17) is 4.74 Å². The van der Waals surface area contributed by atoms with Crippen molar-refractivity contribution in [3.63, 3.8) is 0 Å². The number of alkyl carbamates (subject to hydrolysis) is 1. The number of rotatable bonds is 7. The second kappa shape index (κ2) is 11.2. The number of Topliss-reactive ketones (excluding diaryl/α,β-unsaturated/α-hetero) is 1. The van der Waals surface area contributed by atoms with Crippen molar-refractivity contribution < 1.29 is 53.8 Å². The van der Waals surface area contributed by atoms with Gasteiger partial charge in [-0.1, -0.05) is 18.2 Å². The number of hydrogen-bond acceptors (Lipinski definition) is 4. The van der Waals surface area contributed by atoms with Gasteiger partial charge in [0.15, 0.2) is 5.78 Å². The van der Waals surface area contributed by atoms with Crippen LogP contribution in [0.2, 0.25) is 0 Å². The summed E-state index contributed by atoms with van der Waals surface area (Å²) in [5.41, 5.74) is -6.42. The minimum atomic E-state index is -5.16. The number of H-pyrrole nitrogens is 1. The number of nitrogens with one attached hydrogen (secondary N) is 2. The Bertz CT molecular complexity index is 1420. The second-order valence-corrected chi connectivity index (χ2v) is 10.2. The molecule has 41 heavy (non-hydrogen) atoms. The van der Waals surface area contributed by atoms with Crippen molar-refractivity contribution in [3.8, 4) is 0 Å². The predicted molar refractivity (Wildman–Crippen MR) is 128 cm³/mol. The summed E-state index contributed by atoms with van der Waals surface area (Å²) in [6.07, 6.45) is -17.2. The maximum Gasteiger partial charge on any atom is 0.418 e. The zero-order valence-corrected chi connectivity index (χ0v) is 21.7. The molecule has 3 rings (SSSR count). The largest absolute Gasteiger partial charge is 0.444 e. The van der Waals surface area contributed by atoms with Crippen LogP contribution in [0.1, 0.15) is 55.3 Å². The van der Waals surface area contributed by atoms with Gasteiger partial charge in [0, 0.05) is 12.8 Å². The Balaban J connectivity index is 1.87. The number of fused-ring (bicyclic) bond motifs is 1. The molecule has 0 unspecified atom stereocenters. The molecular weight excluding hydrogens is 573 g/mol. The highest BCUT2D eigenvalue weighted by Crippen LogP contribution is 2.39. The molecule has 0 aliphatic heterocycles. The molecule has 2 N–H and O–H groups in total. The number of aryl methyl sites for hydroxylation is 1. The maximum atomic E-state index is 13.5. The molecule has 0 aliphatic rings. The van der Waals surface area contributed by atoms with Gasteiger partial charge in [0.1, 0.15) is 16.9 Å². The van der Waals surface area contributed by atoms with E-state index in [9.17, 15) is 49.1 Å². The monoisotopic (exact) mass is 597 g/mol. The molecule has 0 fully saturated rings. The SMILES string of the molecule is CC(C)(C)OC(=O)N[C@H](Cc1cccc(C(F)(F)F)c1)C(=O)CCc1nc2c(C(F)(F)F)cc(C(F)(F)F)cc2[nH]1. The topological polar surface area (TPSA) is 84.1 Å². The molecule has 0 saturated heterocycles. The van der Waals surface area contributed by atoms with E-state index < -0.39 is 76.2 Å². The molecule has 1 atom stereocenters. The third-order valence-electron chi connectivity index (χ3n) is 5.65. The summed E-state index contributed by atoms with van der Waals surface area (Å²) in [5.74, 6) is -0.978. The Hall–Kier alpha value is -3.78. The van der Waals surface area contributed by atoms with Gasteiger partial charge in [0.05, 0.1) is 28.2 Å². The number of carbonyl (C=O) groups is 2. The minimum absolute atomic E-state index is 0.0486. The van der Waals surface area contributed by atoms with Crippen molar-refractivity contribution in [3.05, 3.63) is 64.5 Å². The standard InChI is InChI=1S/C26H24F9N3O3/c1-23(2,3)41-22(40)37-17(10-13-5-4-6-14(9-13)24(27,28)29)19(39)7-8-20-36-18-12-15(25(30,31)32)11-16(21(18)38-20)26(33,34)35/h4-6,9,11-12,17H,7-8,10H2,1-3H3,(H,36,38)(H,37,40)/t17-/m1/s1. The number of imidazole rings is 1. The number of hydrogen-bond donors (Lipinski definition) is 2. The molecule has 0 radical (unpaired) electrons. The van der Waals surface area contributed by atoms with E-state index in [-0.39, 0.29) is 30.3 Å². The Morgan fingerprint density at radius 1 is 0.902 bits per heavy atom. The molecule has 1 amide bonds. The van der Waals surface area contributed by atoms with E-state index in [1.807, 2.05) is 0 Å². The van der Waals surface area contributed by atoms with Gasteiger partial charge in [-0.05, 0) is 51.0 Å². The number of halogens is 9. The summed E-state index contributed by atoms with van der Waals surface area (Å²) in [5, 5.41) is 2.30. The Morgan fingerprint density at radius 3 is 2.10 bits per heavy atom. The number of carbonyl (C=O) groups excluding carboxylic acids is 2. The van der Waals surface area contributed by atoms with Crippen molar-refractivity contribution >= 4 is 22.9 Å². The summed E-state index contributed by atoms with van der Waals surface area (Å²) in [6, 6.07) is 3.05. The van der Waals surface area contributed by atoms with E-state index in [1.54, 1.807) is 0 Å². The average Bonchev–Trinajstić information content (AvgIpc) is 3.21. The highest BCUT2D eigenvalue weighted by Gasteiger charge is 2.39. The highest BCUT2D eigenvalue weighted by atomic mass is 19.4. The van der Waals surface area contributed by atoms with Crippen LogP contribution >= 0.6 is 0 Å². The quantitative estimate of drug-likeness (QED) is 0.281. The lowest BCUT2D eigenvalue weighted by molar-refractivity contribution is -0.142. The second-order valence-electron chi connectivity index (χ2n) is 10.2. The molecule has 0 aliphatic carbocycles. The zero-order valence-electron chi connectivity index (χ0n) is 21.7. The highest BCUT2D eigenvalue weighted by molar-refractivity contribution is 5.88. The van der Waals surface area contributed by atoms with E-state index in [1.165, 1.54) is 26.8 Å². The first-order chi connectivity index (χ1) is 18.6. The Kier molecular flexibility index (Phi) is 8.70. The van der Waals surface area contributed by atoms with Gasteiger partial charge < -0.3 is 15.0 Å². The van der Waals surface area contributed by atoms with E-state index in [2.05, 4.69) is 15.3 Å². The van der Waals surface area contributed by atoms with Crippen LogP contribution in [0, 0.1) is 0 Å². The number of amides is 1. The van der Waals surface area contributed by atoms with Gasteiger partial charge in [0.25, 0.3) is 0 Å². The van der Waals surface area contributed by atoms with Crippen molar-refractivity contribution in [2.24, 2.45) is 0 Å². The summed E-state index contributed by atoms with van der Waals surface area (Å²) >= 11 is 0. The number of nitrogens with zero attached hydrogens (tertiary/aromatic N) is 1. The smallest absolute Gasteiger partial charge is 0.418 e. The Morgan fingerprint density at radius 2 is 1.54 bits per heavy atom. The first-order valence-electron chi connectivity index (χ1n) is 12.0. The van der Waals surface area contributed by atoms with Gasteiger partial charge in [-0.15, -0.1) is 0 Å². The lowest BCUT2D eigenvalue weighted by Gasteiger charge is -2.23. The molecule has 3 aromatic rings. The molecule has 224 valence electrons. The predicted octanol–water partition coefficient (Wildman–Crippen LogP) is 7.26. The van der Waals surface area contributed by atoms with Crippen LogP contribution in [-0.2, 0) is 40.9 Å². The van der Waals surface area contributed by atoms with Crippen LogP contribution in [-0.4, -0.2) is 33.5 Å². The molecule has 1 heterocycles. The fourth-order valence-electron chi connectivity index (χ4n) is 3.89. The fraction of sp³-hybridized carbons (Fsp3) is 0.423. The lowest BCUT2D eigenvalue weighted by Crippen LogP contribution is -2.44. The van der Waals surface area contributed by atoms with Crippen LogP contribution in [0.5, 0.6) is 0 Å². The third kappa shape index (κ3) is 8.60. The van der Waals surface area contributed by atoms with Crippen molar-refractivity contribution in [1.82, 2.24) is 15.3 Å². The van der Waals surface area contributed by atoms with Crippen molar-refractivity contribution in [1.29, 1.82) is 0 Å². The fourth-order valence-corrected chi connectivity index (χ4v) is 3.89. The van der Waals surface area contributed by atoms with E-state index >= 15 is 0 Å². The zero-order chi connectivity index (χ0) is 31.0. The van der Waals surface area contributed by atoms with Crippen LogP contribution in [0.25, 0.3) is 11.0 Å². The summed E-state index contributed by atoms with van der Waals surface area (Å²) < 4.78 is 124. The number of benzene rings is 2. The lowest BCUT2D eigenvalue weighted by atomic mass is 9.98. The molecule has 15 heteroatoms. The van der Waals surface area contributed by atoms with Gasteiger partial charge in [0.2, 0.25) is 0 Å². The van der Waals surface area contributed by atoms with Gasteiger partial charge >= 0.3 is 24.6 Å². The third-order valence-corrected chi connectivity index (χ3v) is 5.65. The molecule has 1 aromatic heterocycles. The van der Waals surface area contributed by atoms with Crippen molar-refractivity contribution in [2.45, 2.75) is 70.2 Å². The number of aromatic amines is 1.